The summed E-state index contributed by atoms with van der Waals surface area (Å²) in [5.74, 6) is 0.131. The van der Waals surface area contributed by atoms with Gasteiger partial charge in [0.25, 0.3) is 0 Å². The lowest BCUT2D eigenvalue weighted by Crippen LogP contribution is -2.03. The molecule has 0 amide bonds. The lowest BCUT2D eigenvalue weighted by atomic mass is 10.0. The summed E-state index contributed by atoms with van der Waals surface area (Å²) in [4.78, 5) is 13.1. The third-order valence-electron chi connectivity index (χ3n) is 2.47. The molecule has 0 unspecified atom stereocenters. The van der Waals surface area contributed by atoms with Crippen LogP contribution in [0.3, 0.4) is 0 Å². The van der Waals surface area contributed by atoms with Gasteiger partial charge in [-0.2, -0.15) is 0 Å². The van der Waals surface area contributed by atoms with Gasteiger partial charge >= 0.3 is 0 Å². The summed E-state index contributed by atoms with van der Waals surface area (Å²) < 4.78 is 0. The van der Waals surface area contributed by atoms with Gasteiger partial charge in [0, 0.05) is 21.9 Å². The number of thiophene rings is 1. The number of benzene rings is 1. The predicted octanol–water partition coefficient (Wildman–Crippen LogP) is 4.14. The molecule has 0 fully saturated rings. The second kappa shape index (κ2) is 4.81. The molecule has 1 nitrogen and oxygen atoms in total. The summed E-state index contributed by atoms with van der Waals surface area (Å²) in [6, 6.07) is 9.34. The summed E-state index contributed by atoms with van der Waals surface area (Å²) in [6.45, 7) is 1.96. The quantitative estimate of drug-likeness (QED) is 0.749. The van der Waals surface area contributed by atoms with E-state index in [1.54, 1.807) is 11.3 Å². The van der Waals surface area contributed by atoms with E-state index in [1.165, 1.54) is 0 Å². The first-order chi connectivity index (χ1) is 7.68. The highest BCUT2D eigenvalue weighted by atomic mass is 35.5. The van der Waals surface area contributed by atoms with Crippen LogP contribution in [0.2, 0.25) is 5.02 Å². The zero-order chi connectivity index (χ0) is 11.5. The molecule has 0 spiro atoms. The molecule has 0 atom stereocenters. The molecule has 82 valence electrons. The van der Waals surface area contributed by atoms with Crippen molar-refractivity contribution in [3.05, 3.63) is 56.7 Å². The minimum absolute atomic E-state index is 0.131. The molecule has 1 aromatic heterocycles. The zero-order valence-corrected chi connectivity index (χ0v) is 10.4. The van der Waals surface area contributed by atoms with Crippen molar-refractivity contribution in [1.82, 2.24) is 0 Å². The third-order valence-corrected chi connectivity index (χ3v) is 3.68. The van der Waals surface area contributed by atoms with Gasteiger partial charge in [0.2, 0.25) is 0 Å². The average Bonchev–Trinajstić information content (AvgIpc) is 2.68. The highest BCUT2D eigenvalue weighted by Gasteiger charge is 2.12. The van der Waals surface area contributed by atoms with Crippen molar-refractivity contribution in [3.63, 3.8) is 0 Å². The zero-order valence-electron chi connectivity index (χ0n) is 8.87. The number of hydrogen-bond donors (Lipinski definition) is 0. The Bertz CT molecular complexity index is 516. The van der Waals surface area contributed by atoms with E-state index in [-0.39, 0.29) is 5.78 Å². The Morgan fingerprint density at radius 1 is 1.31 bits per heavy atom. The lowest BCUT2D eigenvalue weighted by molar-refractivity contribution is 0.0993. The van der Waals surface area contributed by atoms with Gasteiger partial charge in [-0.3, -0.25) is 4.79 Å². The molecule has 0 saturated heterocycles. The van der Waals surface area contributed by atoms with Gasteiger partial charge in [0.05, 0.1) is 0 Å². The van der Waals surface area contributed by atoms with Crippen LogP contribution < -0.4 is 0 Å². The molecule has 16 heavy (non-hydrogen) atoms. The highest BCUT2D eigenvalue weighted by Crippen LogP contribution is 2.20. The predicted molar refractivity (Wildman–Crippen MR) is 68.5 cm³/mol. The van der Waals surface area contributed by atoms with Crippen LogP contribution in [0.4, 0.5) is 0 Å². The Morgan fingerprint density at radius 3 is 2.69 bits per heavy atom. The van der Waals surface area contributed by atoms with Crippen molar-refractivity contribution in [1.29, 1.82) is 0 Å². The minimum atomic E-state index is 0.131. The van der Waals surface area contributed by atoms with Crippen LogP contribution >= 0.6 is 22.9 Å². The van der Waals surface area contributed by atoms with Crippen LogP contribution in [0.15, 0.2) is 35.7 Å². The van der Waals surface area contributed by atoms with E-state index in [1.807, 2.05) is 42.6 Å². The van der Waals surface area contributed by atoms with Crippen LogP contribution in [-0.2, 0) is 6.42 Å². The number of aryl methyl sites for hydroxylation is 1. The number of ketones is 1. The van der Waals surface area contributed by atoms with Crippen LogP contribution in [0.5, 0.6) is 0 Å². The smallest absolute Gasteiger partial charge is 0.168 e. The number of halogens is 1. The summed E-state index contributed by atoms with van der Waals surface area (Å²) in [5, 5.41) is 2.60. The maximum Gasteiger partial charge on any atom is 0.168 e. The summed E-state index contributed by atoms with van der Waals surface area (Å²) in [7, 11) is 0. The normalized spacial score (nSPS) is 10.4. The van der Waals surface area contributed by atoms with E-state index in [2.05, 4.69) is 0 Å². The average molecular weight is 251 g/mol. The van der Waals surface area contributed by atoms with Crippen LogP contribution in [0.1, 0.15) is 20.8 Å². The van der Waals surface area contributed by atoms with E-state index in [4.69, 9.17) is 11.6 Å². The van der Waals surface area contributed by atoms with E-state index in [9.17, 15) is 4.79 Å². The standard InChI is InChI=1S/C13H11ClOS/c1-9-11(6-7-16-9)13(15)8-10-4-2-3-5-12(10)14/h2-7H,8H2,1H3. The van der Waals surface area contributed by atoms with Gasteiger partial charge in [0.15, 0.2) is 5.78 Å². The van der Waals surface area contributed by atoms with Gasteiger partial charge in [-0.05, 0) is 30.0 Å². The molecule has 0 N–H and O–H groups in total. The lowest BCUT2D eigenvalue weighted by Gasteiger charge is -2.02. The van der Waals surface area contributed by atoms with Crippen molar-refractivity contribution in [2.45, 2.75) is 13.3 Å². The molecule has 2 rings (SSSR count). The number of hydrogen-bond acceptors (Lipinski definition) is 2. The second-order valence-electron chi connectivity index (χ2n) is 3.58. The topological polar surface area (TPSA) is 17.1 Å². The Kier molecular flexibility index (Phi) is 3.42. The van der Waals surface area contributed by atoms with Crippen LogP contribution in [0.25, 0.3) is 0 Å². The molecule has 2 aromatic rings. The fraction of sp³-hybridized carbons (Fsp3) is 0.154. The SMILES string of the molecule is Cc1sccc1C(=O)Cc1ccccc1Cl. The Balaban J connectivity index is 2.21. The first-order valence-electron chi connectivity index (χ1n) is 4.99. The summed E-state index contributed by atoms with van der Waals surface area (Å²) in [6.07, 6.45) is 0.372. The number of carbonyl (C=O) groups is 1. The number of rotatable bonds is 3. The third kappa shape index (κ3) is 2.34. The maximum atomic E-state index is 12.0. The maximum absolute atomic E-state index is 12.0. The molecule has 0 radical (unpaired) electrons. The van der Waals surface area contributed by atoms with Gasteiger partial charge in [-0.25, -0.2) is 0 Å². The number of carbonyl (C=O) groups excluding carboxylic acids is 1. The van der Waals surface area contributed by atoms with E-state index >= 15 is 0 Å². The van der Waals surface area contributed by atoms with Crippen molar-refractivity contribution >= 4 is 28.7 Å². The van der Waals surface area contributed by atoms with Crippen molar-refractivity contribution < 1.29 is 4.79 Å². The summed E-state index contributed by atoms with van der Waals surface area (Å²) >= 11 is 7.61. The molecule has 0 aliphatic rings. The molecule has 3 heteroatoms. The monoisotopic (exact) mass is 250 g/mol. The molecule has 1 aromatic carbocycles. The van der Waals surface area contributed by atoms with Gasteiger partial charge in [0.1, 0.15) is 0 Å². The van der Waals surface area contributed by atoms with Crippen molar-refractivity contribution in [2.75, 3.05) is 0 Å². The van der Waals surface area contributed by atoms with E-state index < -0.39 is 0 Å². The molecule has 0 saturated carbocycles. The van der Waals surface area contributed by atoms with Crippen LogP contribution in [0, 0.1) is 6.92 Å². The van der Waals surface area contributed by atoms with E-state index in [0.717, 1.165) is 16.0 Å². The van der Waals surface area contributed by atoms with Gasteiger partial charge in [-0.15, -0.1) is 11.3 Å². The molecule has 1 heterocycles. The molecular formula is C13H11ClOS. The molecular weight excluding hydrogens is 240 g/mol. The first kappa shape index (κ1) is 11.4. The highest BCUT2D eigenvalue weighted by molar-refractivity contribution is 7.10. The fourth-order valence-corrected chi connectivity index (χ4v) is 2.50. The van der Waals surface area contributed by atoms with Gasteiger partial charge in [-0.1, -0.05) is 29.8 Å². The van der Waals surface area contributed by atoms with Crippen molar-refractivity contribution in [3.8, 4) is 0 Å². The molecule has 0 aliphatic carbocycles. The van der Waals surface area contributed by atoms with Crippen molar-refractivity contribution in [2.24, 2.45) is 0 Å². The molecule has 0 bridgehead atoms. The Hall–Kier alpha value is -1.12. The Morgan fingerprint density at radius 2 is 2.06 bits per heavy atom. The summed E-state index contributed by atoms with van der Waals surface area (Å²) in [5.41, 5.74) is 1.70. The largest absolute Gasteiger partial charge is 0.294 e. The van der Waals surface area contributed by atoms with Crippen LogP contribution in [-0.4, -0.2) is 5.78 Å². The number of Topliss-reactive ketones (excluding diaryl/α,β-unsaturated/α-hetero) is 1. The first-order valence-corrected chi connectivity index (χ1v) is 6.25. The second-order valence-corrected chi connectivity index (χ2v) is 5.11. The fourth-order valence-electron chi connectivity index (χ4n) is 1.58. The molecule has 0 aliphatic heterocycles. The minimum Gasteiger partial charge on any atom is -0.294 e. The van der Waals surface area contributed by atoms with E-state index in [0.29, 0.717) is 11.4 Å². The van der Waals surface area contributed by atoms with Gasteiger partial charge < -0.3 is 0 Å². The Labute approximate surface area is 104 Å².